The van der Waals surface area contributed by atoms with Crippen molar-refractivity contribution in [2.24, 2.45) is 0 Å². The molecule has 0 atom stereocenters. The van der Waals surface area contributed by atoms with Crippen molar-refractivity contribution in [3.8, 4) is 11.3 Å². The highest BCUT2D eigenvalue weighted by atomic mass is 79.9. The van der Waals surface area contributed by atoms with Gasteiger partial charge in [-0.1, -0.05) is 55.3 Å². The summed E-state index contributed by atoms with van der Waals surface area (Å²) in [6.07, 6.45) is 2.28. The zero-order valence-corrected chi connectivity index (χ0v) is 14.9. The van der Waals surface area contributed by atoms with Crippen molar-refractivity contribution in [3.63, 3.8) is 0 Å². The fourth-order valence-corrected chi connectivity index (χ4v) is 2.81. The van der Waals surface area contributed by atoms with Crippen LogP contribution in [-0.2, 0) is 6.54 Å². The number of imidazole rings is 1. The van der Waals surface area contributed by atoms with Crippen LogP contribution in [0.25, 0.3) is 11.3 Å². The van der Waals surface area contributed by atoms with Crippen LogP contribution in [-0.4, -0.2) is 9.55 Å². The first-order valence-electron chi connectivity index (χ1n) is 7.58. The first-order valence-corrected chi connectivity index (χ1v) is 8.37. The molecule has 0 aliphatic carbocycles. The normalized spacial score (nSPS) is 11.3. The number of hydrogen-bond donors (Lipinski definition) is 1. The SMILES string of the molecule is CCCCn1c(C(C)C)nc(-c2ccc(C)c(Br)c2)c1N. The molecule has 1 aromatic heterocycles. The summed E-state index contributed by atoms with van der Waals surface area (Å²) >= 11 is 3.59. The second kappa shape index (κ2) is 6.65. The fourth-order valence-electron chi connectivity index (χ4n) is 2.43. The molecular weight excluding hydrogens is 326 g/mol. The number of unbranched alkanes of at least 4 members (excludes halogenated alkanes) is 1. The van der Waals surface area contributed by atoms with E-state index in [1.54, 1.807) is 0 Å². The average molecular weight is 350 g/mol. The Kier molecular flexibility index (Phi) is 5.09. The molecule has 0 unspecified atom stereocenters. The maximum atomic E-state index is 6.39. The van der Waals surface area contributed by atoms with E-state index >= 15 is 0 Å². The van der Waals surface area contributed by atoms with E-state index in [2.05, 4.69) is 66.4 Å². The van der Waals surface area contributed by atoms with Gasteiger partial charge in [0.2, 0.25) is 0 Å². The van der Waals surface area contributed by atoms with Gasteiger partial charge in [0.25, 0.3) is 0 Å². The Labute approximate surface area is 135 Å². The van der Waals surface area contributed by atoms with Gasteiger partial charge >= 0.3 is 0 Å². The number of halogens is 1. The Balaban J connectivity index is 2.51. The van der Waals surface area contributed by atoms with Gasteiger partial charge < -0.3 is 10.3 Å². The average Bonchev–Trinajstić information content (AvgIpc) is 2.77. The number of nitrogen functional groups attached to an aromatic ring is 1. The number of anilines is 1. The van der Waals surface area contributed by atoms with E-state index < -0.39 is 0 Å². The minimum Gasteiger partial charge on any atom is -0.383 e. The third-order valence-corrected chi connectivity index (χ3v) is 4.59. The molecular formula is C17H24BrN3. The molecule has 0 radical (unpaired) electrons. The van der Waals surface area contributed by atoms with E-state index in [1.165, 1.54) is 5.56 Å². The highest BCUT2D eigenvalue weighted by Crippen LogP contribution is 2.32. The van der Waals surface area contributed by atoms with Gasteiger partial charge in [-0.25, -0.2) is 4.98 Å². The number of benzene rings is 1. The summed E-state index contributed by atoms with van der Waals surface area (Å²) < 4.78 is 3.27. The van der Waals surface area contributed by atoms with Crippen LogP contribution in [0.3, 0.4) is 0 Å². The van der Waals surface area contributed by atoms with Gasteiger partial charge in [0, 0.05) is 22.5 Å². The second-order valence-electron chi connectivity index (χ2n) is 5.83. The summed E-state index contributed by atoms with van der Waals surface area (Å²) in [5.41, 5.74) is 9.57. The minimum atomic E-state index is 0.367. The van der Waals surface area contributed by atoms with E-state index in [4.69, 9.17) is 10.7 Å². The van der Waals surface area contributed by atoms with Crippen LogP contribution in [0.5, 0.6) is 0 Å². The third-order valence-electron chi connectivity index (χ3n) is 3.73. The quantitative estimate of drug-likeness (QED) is 0.813. The highest BCUT2D eigenvalue weighted by molar-refractivity contribution is 9.10. The molecule has 2 rings (SSSR count). The molecule has 0 saturated carbocycles. The zero-order chi connectivity index (χ0) is 15.6. The summed E-state index contributed by atoms with van der Waals surface area (Å²) in [4.78, 5) is 4.82. The molecule has 3 nitrogen and oxygen atoms in total. The molecule has 21 heavy (non-hydrogen) atoms. The van der Waals surface area contributed by atoms with Crippen molar-refractivity contribution in [1.29, 1.82) is 0 Å². The molecule has 4 heteroatoms. The zero-order valence-electron chi connectivity index (χ0n) is 13.3. The van der Waals surface area contributed by atoms with Gasteiger partial charge in [-0.15, -0.1) is 0 Å². The van der Waals surface area contributed by atoms with Crippen LogP contribution >= 0.6 is 15.9 Å². The summed E-state index contributed by atoms with van der Waals surface area (Å²) in [5, 5.41) is 0. The second-order valence-corrected chi connectivity index (χ2v) is 6.68. The van der Waals surface area contributed by atoms with Gasteiger partial charge in [-0.2, -0.15) is 0 Å². The van der Waals surface area contributed by atoms with Crippen molar-refractivity contribution < 1.29 is 0 Å². The predicted octanol–water partition coefficient (Wildman–Crippen LogP) is 5.13. The maximum Gasteiger partial charge on any atom is 0.131 e. The Morgan fingerprint density at radius 1 is 1.33 bits per heavy atom. The van der Waals surface area contributed by atoms with Crippen LogP contribution in [0.4, 0.5) is 5.82 Å². The Morgan fingerprint density at radius 3 is 2.62 bits per heavy atom. The monoisotopic (exact) mass is 349 g/mol. The molecule has 2 N–H and O–H groups in total. The van der Waals surface area contributed by atoms with Gasteiger partial charge in [0.05, 0.1) is 0 Å². The minimum absolute atomic E-state index is 0.367. The summed E-state index contributed by atoms with van der Waals surface area (Å²) in [5.74, 6) is 2.22. The fraction of sp³-hybridized carbons (Fsp3) is 0.471. The Hall–Kier alpha value is -1.29. The first kappa shape index (κ1) is 16.1. The number of nitrogens with zero attached hydrogens (tertiary/aromatic N) is 2. The lowest BCUT2D eigenvalue weighted by molar-refractivity contribution is 0.588. The van der Waals surface area contributed by atoms with Crippen LogP contribution in [0.2, 0.25) is 0 Å². The van der Waals surface area contributed by atoms with E-state index in [0.29, 0.717) is 5.92 Å². The van der Waals surface area contributed by atoms with Crippen LogP contribution in [0.15, 0.2) is 22.7 Å². The lowest BCUT2D eigenvalue weighted by Crippen LogP contribution is -2.08. The molecule has 2 aromatic rings. The number of nitrogens with two attached hydrogens (primary N) is 1. The number of rotatable bonds is 5. The lowest BCUT2D eigenvalue weighted by Gasteiger charge is -2.11. The molecule has 0 amide bonds. The van der Waals surface area contributed by atoms with Gasteiger partial charge in [0.15, 0.2) is 0 Å². The Bertz CT molecular complexity index is 629. The standard InChI is InChI=1S/C17H24BrN3/c1-5-6-9-21-16(19)15(20-17(21)11(2)3)13-8-7-12(4)14(18)10-13/h7-8,10-11H,5-6,9,19H2,1-4H3. The first-order chi connectivity index (χ1) is 9.95. The molecule has 0 fully saturated rings. The largest absolute Gasteiger partial charge is 0.383 e. The third kappa shape index (κ3) is 3.31. The molecule has 0 aliphatic heterocycles. The Morgan fingerprint density at radius 2 is 2.05 bits per heavy atom. The van der Waals surface area contributed by atoms with E-state index in [0.717, 1.165) is 46.8 Å². The van der Waals surface area contributed by atoms with Crippen LogP contribution in [0, 0.1) is 6.92 Å². The molecule has 0 spiro atoms. The molecule has 0 saturated heterocycles. The lowest BCUT2D eigenvalue weighted by atomic mass is 10.1. The smallest absolute Gasteiger partial charge is 0.131 e. The van der Waals surface area contributed by atoms with Crippen molar-refractivity contribution in [2.75, 3.05) is 5.73 Å². The van der Waals surface area contributed by atoms with E-state index in [-0.39, 0.29) is 0 Å². The summed E-state index contributed by atoms with van der Waals surface area (Å²) in [6.45, 7) is 9.55. The van der Waals surface area contributed by atoms with E-state index in [9.17, 15) is 0 Å². The number of hydrogen-bond acceptors (Lipinski definition) is 2. The topological polar surface area (TPSA) is 43.8 Å². The molecule has 0 aliphatic rings. The molecule has 1 aromatic carbocycles. The number of aryl methyl sites for hydroxylation is 1. The predicted molar refractivity (Wildman–Crippen MR) is 93.5 cm³/mol. The van der Waals surface area contributed by atoms with Crippen molar-refractivity contribution in [2.45, 2.75) is 53.0 Å². The van der Waals surface area contributed by atoms with Crippen molar-refractivity contribution in [1.82, 2.24) is 9.55 Å². The van der Waals surface area contributed by atoms with Crippen molar-refractivity contribution in [3.05, 3.63) is 34.1 Å². The van der Waals surface area contributed by atoms with Crippen molar-refractivity contribution >= 4 is 21.7 Å². The highest BCUT2D eigenvalue weighted by Gasteiger charge is 2.18. The van der Waals surface area contributed by atoms with Gasteiger partial charge in [0.1, 0.15) is 17.3 Å². The van der Waals surface area contributed by atoms with Crippen LogP contribution in [0.1, 0.15) is 50.9 Å². The van der Waals surface area contributed by atoms with E-state index in [1.807, 2.05) is 0 Å². The molecule has 1 heterocycles. The summed E-state index contributed by atoms with van der Waals surface area (Å²) in [7, 11) is 0. The van der Waals surface area contributed by atoms with Crippen LogP contribution < -0.4 is 5.73 Å². The molecule has 114 valence electrons. The molecule has 0 bridgehead atoms. The maximum absolute atomic E-state index is 6.39. The van der Waals surface area contributed by atoms with Gasteiger partial charge in [-0.05, 0) is 25.0 Å². The number of aromatic nitrogens is 2. The summed E-state index contributed by atoms with van der Waals surface area (Å²) in [6, 6.07) is 6.29. The van der Waals surface area contributed by atoms with Gasteiger partial charge in [-0.3, -0.25) is 0 Å².